The van der Waals surface area contributed by atoms with E-state index in [1.165, 1.54) is 12.1 Å². The molecule has 0 bridgehead atoms. The maximum Gasteiger partial charge on any atom is 0.335 e. The molecule has 0 radical (unpaired) electrons. The second-order valence-corrected chi connectivity index (χ2v) is 3.30. The van der Waals surface area contributed by atoms with E-state index in [9.17, 15) is 9.59 Å². The van der Waals surface area contributed by atoms with Crippen LogP contribution < -0.4 is 5.32 Å². The number of amides is 1. The number of aromatic carboxylic acids is 1. The van der Waals surface area contributed by atoms with E-state index in [1.807, 2.05) is 0 Å². The van der Waals surface area contributed by atoms with E-state index in [0.717, 1.165) is 0 Å². The Morgan fingerprint density at radius 3 is 2.69 bits per heavy atom. The van der Waals surface area contributed by atoms with Crippen LogP contribution in [-0.2, 0) is 5.88 Å². The molecular formula is C10H11ClN2O3. The van der Waals surface area contributed by atoms with Crippen LogP contribution in [0.1, 0.15) is 33.5 Å². The first-order valence-electron chi connectivity index (χ1n) is 4.67. The largest absolute Gasteiger partial charge is 0.478 e. The SMILES string of the molecule is CCNC(=O)c1cc(C(=O)O)cc(CCl)n1. The standard InChI is InChI=1S/C10H11ClN2O3/c1-2-12-9(14)8-4-6(10(15)16)3-7(5-11)13-8/h3-4H,2,5H2,1H3,(H,12,14)(H,15,16). The number of carbonyl (C=O) groups excluding carboxylic acids is 1. The minimum atomic E-state index is -1.11. The van der Waals surface area contributed by atoms with Crippen molar-refractivity contribution in [2.45, 2.75) is 12.8 Å². The highest BCUT2D eigenvalue weighted by Gasteiger charge is 2.12. The van der Waals surface area contributed by atoms with Gasteiger partial charge in [0.1, 0.15) is 5.69 Å². The molecule has 1 aromatic heterocycles. The number of nitrogens with zero attached hydrogens (tertiary/aromatic N) is 1. The van der Waals surface area contributed by atoms with Gasteiger partial charge in [-0.2, -0.15) is 0 Å². The predicted molar refractivity (Wildman–Crippen MR) is 58.8 cm³/mol. The molecule has 1 rings (SSSR count). The van der Waals surface area contributed by atoms with E-state index in [2.05, 4.69) is 10.3 Å². The number of carboxylic acid groups (broad SMARTS) is 1. The Morgan fingerprint density at radius 1 is 1.50 bits per heavy atom. The lowest BCUT2D eigenvalue weighted by Gasteiger charge is -2.04. The molecule has 0 atom stereocenters. The Hall–Kier alpha value is -1.62. The first-order valence-corrected chi connectivity index (χ1v) is 5.20. The Morgan fingerprint density at radius 2 is 2.19 bits per heavy atom. The molecule has 86 valence electrons. The number of aromatic nitrogens is 1. The van der Waals surface area contributed by atoms with Gasteiger partial charge in [-0.25, -0.2) is 9.78 Å². The highest BCUT2D eigenvalue weighted by atomic mass is 35.5. The van der Waals surface area contributed by atoms with Crippen molar-refractivity contribution in [2.75, 3.05) is 6.54 Å². The number of alkyl halides is 1. The van der Waals surface area contributed by atoms with Crippen LogP contribution in [0.4, 0.5) is 0 Å². The van der Waals surface area contributed by atoms with E-state index >= 15 is 0 Å². The van der Waals surface area contributed by atoms with Crippen LogP contribution >= 0.6 is 11.6 Å². The van der Waals surface area contributed by atoms with Gasteiger partial charge in [0, 0.05) is 6.54 Å². The number of hydrogen-bond acceptors (Lipinski definition) is 3. The Labute approximate surface area is 97.4 Å². The smallest absolute Gasteiger partial charge is 0.335 e. The summed E-state index contributed by atoms with van der Waals surface area (Å²) in [6.45, 7) is 2.22. The van der Waals surface area contributed by atoms with Gasteiger partial charge in [-0.1, -0.05) is 0 Å². The summed E-state index contributed by atoms with van der Waals surface area (Å²) in [7, 11) is 0. The van der Waals surface area contributed by atoms with Gasteiger partial charge in [-0.05, 0) is 19.1 Å². The molecule has 0 aliphatic heterocycles. The molecule has 0 fully saturated rings. The quantitative estimate of drug-likeness (QED) is 0.780. The summed E-state index contributed by atoms with van der Waals surface area (Å²) in [5.74, 6) is -1.45. The van der Waals surface area contributed by atoms with Gasteiger partial charge >= 0.3 is 5.97 Å². The Balaban J connectivity index is 3.13. The van der Waals surface area contributed by atoms with Crippen LogP contribution in [0, 0.1) is 0 Å². The van der Waals surface area contributed by atoms with Crippen molar-refractivity contribution >= 4 is 23.5 Å². The highest BCUT2D eigenvalue weighted by molar-refractivity contribution is 6.17. The average molecular weight is 243 g/mol. The number of hydrogen-bond donors (Lipinski definition) is 2. The zero-order chi connectivity index (χ0) is 12.1. The summed E-state index contributed by atoms with van der Waals surface area (Å²) >= 11 is 5.57. The van der Waals surface area contributed by atoms with Crippen LogP contribution in [0.3, 0.4) is 0 Å². The molecule has 1 heterocycles. The van der Waals surface area contributed by atoms with E-state index in [4.69, 9.17) is 16.7 Å². The molecule has 0 spiro atoms. The monoisotopic (exact) mass is 242 g/mol. The minimum absolute atomic E-state index is 0.00639. The lowest BCUT2D eigenvalue weighted by Crippen LogP contribution is -2.24. The zero-order valence-electron chi connectivity index (χ0n) is 8.66. The lowest BCUT2D eigenvalue weighted by molar-refractivity contribution is 0.0696. The molecule has 0 unspecified atom stereocenters. The van der Waals surface area contributed by atoms with Crippen molar-refractivity contribution < 1.29 is 14.7 Å². The van der Waals surface area contributed by atoms with E-state index in [0.29, 0.717) is 12.2 Å². The molecule has 0 aromatic carbocycles. The fourth-order valence-corrected chi connectivity index (χ4v) is 1.28. The Bertz CT molecular complexity index is 421. The van der Waals surface area contributed by atoms with Crippen molar-refractivity contribution in [3.63, 3.8) is 0 Å². The summed E-state index contributed by atoms with van der Waals surface area (Å²) in [4.78, 5) is 26.2. The fraction of sp³-hybridized carbons (Fsp3) is 0.300. The molecule has 16 heavy (non-hydrogen) atoms. The third-order valence-electron chi connectivity index (χ3n) is 1.83. The predicted octanol–water partition coefficient (Wildman–Crippen LogP) is 1.27. The molecule has 2 N–H and O–H groups in total. The first kappa shape index (κ1) is 12.4. The van der Waals surface area contributed by atoms with Gasteiger partial charge < -0.3 is 10.4 Å². The number of nitrogens with one attached hydrogen (secondary N) is 1. The van der Waals surface area contributed by atoms with Gasteiger partial charge in [-0.3, -0.25) is 4.79 Å². The third-order valence-corrected chi connectivity index (χ3v) is 2.11. The van der Waals surface area contributed by atoms with Crippen LogP contribution in [0.5, 0.6) is 0 Å². The van der Waals surface area contributed by atoms with Crippen molar-refractivity contribution in [3.8, 4) is 0 Å². The van der Waals surface area contributed by atoms with Gasteiger partial charge in [0.2, 0.25) is 0 Å². The van der Waals surface area contributed by atoms with Gasteiger partial charge in [0.25, 0.3) is 5.91 Å². The summed E-state index contributed by atoms with van der Waals surface area (Å²) < 4.78 is 0. The number of carboxylic acids is 1. The number of halogens is 1. The normalized spacial score (nSPS) is 9.88. The summed E-state index contributed by atoms with van der Waals surface area (Å²) in [5, 5.41) is 11.4. The Kier molecular flexibility index (Phi) is 4.25. The van der Waals surface area contributed by atoms with E-state index in [1.54, 1.807) is 6.92 Å². The third kappa shape index (κ3) is 2.93. The van der Waals surface area contributed by atoms with Gasteiger partial charge in [0.05, 0.1) is 17.1 Å². The van der Waals surface area contributed by atoms with E-state index in [-0.39, 0.29) is 17.1 Å². The molecule has 6 heteroatoms. The van der Waals surface area contributed by atoms with Gasteiger partial charge in [-0.15, -0.1) is 11.6 Å². The lowest BCUT2D eigenvalue weighted by atomic mass is 10.2. The van der Waals surface area contributed by atoms with Crippen molar-refractivity contribution in [1.82, 2.24) is 10.3 Å². The fourth-order valence-electron chi connectivity index (χ4n) is 1.15. The molecule has 5 nitrogen and oxygen atoms in total. The van der Waals surface area contributed by atoms with Crippen molar-refractivity contribution in [3.05, 3.63) is 29.1 Å². The zero-order valence-corrected chi connectivity index (χ0v) is 9.41. The second kappa shape index (κ2) is 5.46. The van der Waals surface area contributed by atoms with Crippen LogP contribution in [0.25, 0.3) is 0 Å². The molecular weight excluding hydrogens is 232 g/mol. The van der Waals surface area contributed by atoms with Crippen molar-refractivity contribution in [2.24, 2.45) is 0 Å². The van der Waals surface area contributed by atoms with Crippen LogP contribution in [-0.4, -0.2) is 28.5 Å². The average Bonchev–Trinajstić information content (AvgIpc) is 2.28. The molecule has 0 saturated carbocycles. The first-order chi connectivity index (χ1) is 7.58. The van der Waals surface area contributed by atoms with Crippen LogP contribution in [0.2, 0.25) is 0 Å². The summed E-state index contributed by atoms with van der Waals surface area (Å²) in [6, 6.07) is 2.57. The summed E-state index contributed by atoms with van der Waals surface area (Å²) in [5.41, 5.74) is 0.437. The maximum absolute atomic E-state index is 11.5. The second-order valence-electron chi connectivity index (χ2n) is 3.03. The van der Waals surface area contributed by atoms with Crippen LogP contribution in [0.15, 0.2) is 12.1 Å². The molecule has 0 aliphatic rings. The molecule has 1 aromatic rings. The summed E-state index contributed by atoms with van der Waals surface area (Å²) in [6.07, 6.45) is 0. The number of carbonyl (C=O) groups is 2. The maximum atomic E-state index is 11.5. The molecule has 0 aliphatic carbocycles. The highest BCUT2D eigenvalue weighted by Crippen LogP contribution is 2.08. The molecule has 1 amide bonds. The topological polar surface area (TPSA) is 79.3 Å². The molecule has 0 saturated heterocycles. The van der Waals surface area contributed by atoms with Gasteiger partial charge in [0.15, 0.2) is 0 Å². The van der Waals surface area contributed by atoms with E-state index < -0.39 is 11.9 Å². The van der Waals surface area contributed by atoms with Crippen molar-refractivity contribution in [1.29, 1.82) is 0 Å². The number of rotatable bonds is 4. The minimum Gasteiger partial charge on any atom is -0.478 e. The number of pyridine rings is 1.